The molecule has 0 radical (unpaired) electrons. The molecule has 1 atom stereocenters. The number of benzene rings is 1. The van der Waals surface area contributed by atoms with Gasteiger partial charge in [-0.05, 0) is 73.8 Å². The fourth-order valence-electron chi connectivity index (χ4n) is 3.63. The van der Waals surface area contributed by atoms with Gasteiger partial charge in [0.2, 0.25) is 0 Å². The molecule has 26 heavy (non-hydrogen) atoms. The lowest BCUT2D eigenvalue weighted by atomic mass is 9.91. The van der Waals surface area contributed by atoms with Crippen molar-refractivity contribution < 1.29 is 0 Å². The number of rotatable bonds is 9. The molecule has 1 heterocycles. The van der Waals surface area contributed by atoms with Gasteiger partial charge >= 0.3 is 0 Å². The lowest BCUT2D eigenvalue weighted by molar-refractivity contribution is 0.415. The van der Waals surface area contributed by atoms with E-state index in [-0.39, 0.29) is 0 Å². The summed E-state index contributed by atoms with van der Waals surface area (Å²) in [5.41, 5.74) is 6.13. The van der Waals surface area contributed by atoms with Crippen LogP contribution >= 0.6 is 0 Å². The van der Waals surface area contributed by atoms with Crippen molar-refractivity contribution in [2.75, 3.05) is 17.7 Å². The highest BCUT2D eigenvalue weighted by Gasteiger charge is 2.09. The predicted molar refractivity (Wildman–Crippen MR) is 115 cm³/mol. The third kappa shape index (κ3) is 6.05. The summed E-state index contributed by atoms with van der Waals surface area (Å²) < 4.78 is 0. The van der Waals surface area contributed by atoms with Crippen molar-refractivity contribution in [1.29, 1.82) is 0 Å². The fraction of sp³-hybridized carbons (Fsp3) is 0.522. The van der Waals surface area contributed by atoms with Gasteiger partial charge in [0.05, 0.1) is 0 Å². The van der Waals surface area contributed by atoms with Crippen LogP contribution in [0.3, 0.4) is 0 Å². The molecule has 1 unspecified atom stereocenters. The molecule has 2 N–H and O–H groups in total. The average molecular weight is 354 g/mol. The lowest BCUT2D eigenvalue weighted by Gasteiger charge is -2.16. The maximum atomic E-state index is 4.61. The molecule has 0 amide bonds. The highest BCUT2D eigenvalue weighted by atomic mass is 15.0. The van der Waals surface area contributed by atoms with E-state index in [4.69, 9.17) is 0 Å². The molecule has 2 rings (SSSR count). The van der Waals surface area contributed by atoms with E-state index >= 15 is 0 Å². The van der Waals surface area contributed by atoms with E-state index in [0.717, 1.165) is 47.6 Å². The van der Waals surface area contributed by atoms with Gasteiger partial charge in [0, 0.05) is 30.2 Å². The highest BCUT2D eigenvalue weighted by Crippen LogP contribution is 2.25. The van der Waals surface area contributed by atoms with Crippen LogP contribution in [0.5, 0.6) is 0 Å². The van der Waals surface area contributed by atoms with E-state index in [0.29, 0.717) is 0 Å². The summed E-state index contributed by atoms with van der Waals surface area (Å²) in [6, 6.07) is 10.8. The first-order valence-electron chi connectivity index (χ1n) is 9.96. The second-order valence-corrected chi connectivity index (χ2v) is 7.87. The van der Waals surface area contributed by atoms with E-state index in [1.165, 1.54) is 24.0 Å². The Balaban J connectivity index is 2.14. The number of aryl methyl sites for hydroxylation is 3. The molecule has 3 heteroatoms. The lowest BCUT2D eigenvalue weighted by Crippen LogP contribution is -2.04. The van der Waals surface area contributed by atoms with E-state index in [1.54, 1.807) is 0 Å². The molecule has 1 aromatic heterocycles. The molecule has 0 saturated heterocycles. The van der Waals surface area contributed by atoms with Crippen LogP contribution in [0.25, 0.3) is 0 Å². The first kappa shape index (κ1) is 20.3. The standard InChI is InChI=1S/C23H35N3/c1-7-19-10-11-21(14-20(19)9-8-17(4)12-16(2)3)26-23-15-22(24-6)13-18(5)25-23/h10-11,13-17H,7-9,12H2,1-6H3,(H2,24,25,26). The number of pyridine rings is 1. The predicted octanol–water partition coefficient (Wildman–Crippen LogP) is 6.35. The van der Waals surface area contributed by atoms with Crippen molar-refractivity contribution in [2.45, 2.75) is 60.3 Å². The number of hydrogen-bond donors (Lipinski definition) is 2. The van der Waals surface area contributed by atoms with Crippen LogP contribution in [-0.4, -0.2) is 12.0 Å². The van der Waals surface area contributed by atoms with Crippen molar-refractivity contribution in [3.8, 4) is 0 Å². The third-order valence-corrected chi connectivity index (χ3v) is 4.88. The Morgan fingerprint density at radius 1 is 1.00 bits per heavy atom. The minimum absolute atomic E-state index is 0.771. The summed E-state index contributed by atoms with van der Waals surface area (Å²) in [7, 11) is 1.94. The second kappa shape index (κ2) is 9.61. The summed E-state index contributed by atoms with van der Waals surface area (Å²) in [5, 5.41) is 6.67. The normalized spacial score (nSPS) is 12.3. The van der Waals surface area contributed by atoms with Gasteiger partial charge in [-0.3, -0.25) is 0 Å². The Labute approximate surface area is 159 Å². The van der Waals surface area contributed by atoms with Crippen LogP contribution in [0.2, 0.25) is 0 Å². The van der Waals surface area contributed by atoms with Crippen molar-refractivity contribution in [1.82, 2.24) is 4.98 Å². The van der Waals surface area contributed by atoms with Gasteiger partial charge in [-0.1, -0.05) is 33.8 Å². The zero-order valence-electron chi connectivity index (χ0n) is 17.3. The Morgan fingerprint density at radius 3 is 2.42 bits per heavy atom. The maximum Gasteiger partial charge on any atom is 0.132 e. The molecule has 0 aliphatic rings. The van der Waals surface area contributed by atoms with Crippen LogP contribution in [-0.2, 0) is 12.8 Å². The first-order valence-corrected chi connectivity index (χ1v) is 9.96. The summed E-state index contributed by atoms with van der Waals surface area (Å²) >= 11 is 0. The van der Waals surface area contributed by atoms with Crippen LogP contribution in [0.4, 0.5) is 17.2 Å². The van der Waals surface area contributed by atoms with Crippen molar-refractivity contribution in [3.63, 3.8) is 0 Å². The molecule has 3 nitrogen and oxygen atoms in total. The van der Waals surface area contributed by atoms with Crippen molar-refractivity contribution in [2.24, 2.45) is 11.8 Å². The molecular formula is C23H35N3. The summed E-state index contributed by atoms with van der Waals surface area (Å²) in [4.78, 5) is 4.61. The molecule has 2 aromatic rings. The monoisotopic (exact) mass is 353 g/mol. The van der Waals surface area contributed by atoms with Gasteiger partial charge < -0.3 is 10.6 Å². The van der Waals surface area contributed by atoms with Crippen LogP contribution in [0, 0.1) is 18.8 Å². The topological polar surface area (TPSA) is 37.0 Å². The van der Waals surface area contributed by atoms with Crippen LogP contribution in [0.1, 0.15) is 57.4 Å². The number of aromatic nitrogens is 1. The Morgan fingerprint density at radius 2 is 1.77 bits per heavy atom. The zero-order chi connectivity index (χ0) is 19.1. The van der Waals surface area contributed by atoms with Gasteiger partial charge in [-0.15, -0.1) is 0 Å². The SMILES string of the molecule is CCc1ccc(Nc2cc(NC)cc(C)n2)cc1CCC(C)CC(C)C. The minimum atomic E-state index is 0.771. The maximum absolute atomic E-state index is 4.61. The Hall–Kier alpha value is -2.03. The first-order chi connectivity index (χ1) is 12.4. The average Bonchev–Trinajstić information content (AvgIpc) is 2.59. The fourth-order valence-corrected chi connectivity index (χ4v) is 3.63. The summed E-state index contributed by atoms with van der Waals surface area (Å²) in [6.45, 7) is 11.3. The van der Waals surface area contributed by atoms with E-state index in [2.05, 4.69) is 61.5 Å². The van der Waals surface area contributed by atoms with E-state index < -0.39 is 0 Å². The van der Waals surface area contributed by atoms with Crippen LogP contribution < -0.4 is 10.6 Å². The van der Waals surface area contributed by atoms with E-state index in [9.17, 15) is 0 Å². The Bertz CT molecular complexity index is 707. The largest absolute Gasteiger partial charge is 0.388 e. The molecule has 0 saturated carbocycles. The molecule has 1 aromatic carbocycles. The zero-order valence-corrected chi connectivity index (χ0v) is 17.3. The number of nitrogens with zero attached hydrogens (tertiary/aromatic N) is 1. The van der Waals surface area contributed by atoms with Crippen molar-refractivity contribution >= 4 is 17.2 Å². The molecule has 0 fully saturated rings. The van der Waals surface area contributed by atoms with E-state index in [1.807, 2.05) is 26.1 Å². The highest BCUT2D eigenvalue weighted by molar-refractivity contribution is 5.62. The molecule has 142 valence electrons. The minimum Gasteiger partial charge on any atom is -0.388 e. The van der Waals surface area contributed by atoms with Gasteiger partial charge in [0.1, 0.15) is 5.82 Å². The molecular weight excluding hydrogens is 318 g/mol. The molecule has 0 aliphatic carbocycles. The van der Waals surface area contributed by atoms with Gasteiger partial charge in [-0.2, -0.15) is 0 Å². The second-order valence-electron chi connectivity index (χ2n) is 7.87. The molecule has 0 bridgehead atoms. The third-order valence-electron chi connectivity index (χ3n) is 4.88. The quantitative estimate of drug-likeness (QED) is 0.551. The summed E-state index contributed by atoms with van der Waals surface area (Å²) in [5.74, 6) is 2.43. The van der Waals surface area contributed by atoms with Crippen LogP contribution in [0.15, 0.2) is 30.3 Å². The molecule has 0 aliphatic heterocycles. The van der Waals surface area contributed by atoms with Gasteiger partial charge in [0.15, 0.2) is 0 Å². The Kier molecular flexibility index (Phi) is 7.50. The van der Waals surface area contributed by atoms with Gasteiger partial charge in [0.25, 0.3) is 0 Å². The smallest absolute Gasteiger partial charge is 0.132 e. The number of hydrogen-bond acceptors (Lipinski definition) is 3. The number of nitrogens with one attached hydrogen (secondary N) is 2. The van der Waals surface area contributed by atoms with Crippen molar-refractivity contribution in [3.05, 3.63) is 47.2 Å². The molecule has 0 spiro atoms. The van der Waals surface area contributed by atoms with Gasteiger partial charge in [-0.25, -0.2) is 4.98 Å². The summed E-state index contributed by atoms with van der Waals surface area (Å²) in [6.07, 6.45) is 4.79. The number of anilines is 3.